The average Bonchev–Trinajstić information content (AvgIpc) is 3.06. The molecule has 2 heterocycles. The zero-order chi connectivity index (χ0) is 22.1. The van der Waals surface area contributed by atoms with Crippen LogP contribution in [-0.4, -0.2) is 38.0 Å². The molecule has 1 aliphatic carbocycles. The quantitative estimate of drug-likeness (QED) is 0.773. The molecule has 1 fully saturated rings. The van der Waals surface area contributed by atoms with Crippen LogP contribution >= 0.6 is 0 Å². The lowest BCUT2D eigenvalue weighted by atomic mass is 9.84. The molecule has 0 bridgehead atoms. The topological polar surface area (TPSA) is 97.6 Å². The predicted molar refractivity (Wildman–Crippen MR) is 116 cm³/mol. The molecular formula is C22H33N5O3. The molecule has 1 aliphatic rings. The molecule has 0 spiro atoms. The summed E-state index contributed by atoms with van der Waals surface area (Å²) in [7, 11) is 0. The summed E-state index contributed by atoms with van der Waals surface area (Å²) in [5.74, 6) is 1.89. The number of ether oxygens (including phenoxy) is 1. The Kier molecular flexibility index (Phi) is 6.33. The largest absolute Gasteiger partial charge is 0.444 e. The van der Waals surface area contributed by atoms with Gasteiger partial charge in [0.2, 0.25) is 5.91 Å². The molecule has 0 atom stereocenters. The third-order valence-corrected chi connectivity index (χ3v) is 5.29. The summed E-state index contributed by atoms with van der Waals surface area (Å²) in [6.45, 7) is 11.3. The first-order valence-electron chi connectivity index (χ1n) is 10.7. The highest BCUT2D eigenvalue weighted by atomic mass is 16.6. The summed E-state index contributed by atoms with van der Waals surface area (Å²) in [6, 6.07) is 0.116. The number of nitrogens with one attached hydrogen (secondary N) is 2. The Morgan fingerprint density at radius 3 is 2.37 bits per heavy atom. The van der Waals surface area contributed by atoms with Crippen LogP contribution in [0.25, 0.3) is 5.52 Å². The zero-order valence-corrected chi connectivity index (χ0v) is 18.8. The molecule has 0 aromatic carbocycles. The first-order chi connectivity index (χ1) is 14.0. The minimum Gasteiger partial charge on any atom is -0.444 e. The van der Waals surface area contributed by atoms with Crippen LogP contribution in [0.5, 0.6) is 0 Å². The van der Waals surface area contributed by atoms with Crippen molar-refractivity contribution in [3.05, 3.63) is 23.9 Å². The molecule has 30 heavy (non-hydrogen) atoms. The number of amides is 2. The van der Waals surface area contributed by atoms with Crippen LogP contribution in [0.3, 0.4) is 0 Å². The van der Waals surface area contributed by atoms with E-state index in [9.17, 15) is 9.59 Å². The van der Waals surface area contributed by atoms with Crippen LogP contribution in [0.2, 0.25) is 0 Å². The number of anilines is 1. The second-order valence-corrected chi connectivity index (χ2v) is 9.40. The Bertz CT molecular complexity index is 921. The number of fused-ring (bicyclic) bond motifs is 1. The van der Waals surface area contributed by atoms with E-state index in [1.54, 1.807) is 6.20 Å². The normalized spacial score (nSPS) is 19.7. The van der Waals surface area contributed by atoms with Crippen LogP contribution in [0.1, 0.15) is 90.6 Å². The lowest BCUT2D eigenvalue weighted by Crippen LogP contribution is -2.40. The molecule has 8 heteroatoms. The molecule has 0 aliphatic heterocycles. The molecule has 3 rings (SSSR count). The van der Waals surface area contributed by atoms with Gasteiger partial charge in [0.05, 0.1) is 6.20 Å². The minimum absolute atomic E-state index is 0.116. The molecule has 2 N–H and O–H groups in total. The van der Waals surface area contributed by atoms with E-state index in [4.69, 9.17) is 4.74 Å². The van der Waals surface area contributed by atoms with E-state index in [1.807, 2.05) is 27.0 Å². The number of imidazole rings is 1. The Labute approximate surface area is 177 Å². The van der Waals surface area contributed by atoms with Gasteiger partial charge in [0, 0.05) is 36.7 Å². The Morgan fingerprint density at radius 1 is 1.13 bits per heavy atom. The van der Waals surface area contributed by atoms with Crippen LogP contribution < -0.4 is 10.6 Å². The van der Waals surface area contributed by atoms with Crippen molar-refractivity contribution in [1.29, 1.82) is 0 Å². The van der Waals surface area contributed by atoms with E-state index in [-0.39, 0.29) is 24.0 Å². The summed E-state index contributed by atoms with van der Waals surface area (Å²) in [6.07, 6.45) is 6.92. The number of hydrogen-bond acceptors (Lipinski definition) is 5. The zero-order valence-electron chi connectivity index (χ0n) is 18.8. The molecule has 164 valence electrons. The van der Waals surface area contributed by atoms with Crippen molar-refractivity contribution in [2.45, 2.75) is 90.7 Å². The molecule has 8 nitrogen and oxygen atoms in total. The van der Waals surface area contributed by atoms with E-state index in [1.165, 1.54) is 6.92 Å². The molecule has 2 aromatic heterocycles. The van der Waals surface area contributed by atoms with Gasteiger partial charge in [-0.2, -0.15) is 0 Å². The molecule has 2 amide bonds. The van der Waals surface area contributed by atoms with Crippen molar-refractivity contribution in [1.82, 2.24) is 19.7 Å². The summed E-state index contributed by atoms with van der Waals surface area (Å²) in [5.41, 5.74) is 1.43. The molecule has 0 saturated heterocycles. The molecule has 0 radical (unpaired) electrons. The van der Waals surface area contributed by atoms with E-state index in [0.717, 1.165) is 42.7 Å². The third kappa shape index (κ3) is 5.09. The summed E-state index contributed by atoms with van der Waals surface area (Å²) in [5, 5.41) is 5.80. The minimum atomic E-state index is -0.497. The average molecular weight is 416 g/mol. The highest BCUT2D eigenvalue weighted by molar-refractivity contribution is 5.91. The van der Waals surface area contributed by atoms with Crippen LogP contribution in [0.15, 0.2) is 12.4 Å². The van der Waals surface area contributed by atoms with Crippen LogP contribution in [-0.2, 0) is 9.53 Å². The Balaban J connectivity index is 1.78. The Morgan fingerprint density at radius 2 is 1.80 bits per heavy atom. The van der Waals surface area contributed by atoms with Gasteiger partial charge in [0.25, 0.3) is 0 Å². The van der Waals surface area contributed by atoms with Gasteiger partial charge in [0.15, 0.2) is 5.82 Å². The smallest absolute Gasteiger partial charge is 0.407 e. The van der Waals surface area contributed by atoms with E-state index < -0.39 is 5.60 Å². The molecule has 1 saturated carbocycles. The van der Waals surface area contributed by atoms with Gasteiger partial charge in [-0.15, -0.1) is 0 Å². The second-order valence-electron chi connectivity index (χ2n) is 9.40. The van der Waals surface area contributed by atoms with Crippen LogP contribution in [0.4, 0.5) is 10.6 Å². The first kappa shape index (κ1) is 22.1. The fourth-order valence-electron chi connectivity index (χ4n) is 4.03. The highest BCUT2D eigenvalue weighted by Crippen LogP contribution is 2.35. The lowest BCUT2D eigenvalue weighted by molar-refractivity contribution is -0.114. The van der Waals surface area contributed by atoms with Crippen molar-refractivity contribution >= 4 is 23.3 Å². The highest BCUT2D eigenvalue weighted by Gasteiger charge is 2.28. The van der Waals surface area contributed by atoms with Crippen molar-refractivity contribution in [3.8, 4) is 0 Å². The monoisotopic (exact) mass is 415 g/mol. The van der Waals surface area contributed by atoms with Gasteiger partial charge in [-0.3, -0.25) is 9.20 Å². The first-order valence-corrected chi connectivity index (χ1v) is 10.7. The van der Waals surface area contributed by atoms with Crippen molar-refractivity contribution in [2.24, 2.45) is 0 Å². The van der Waals surface area contributed by atoms with Crippen molar-refractivity contribution < 1.29 is 14.3 Å². The number of alkyl carbamates (subject to hydrolysis) is 1. The van der Waals surface area contributed by atoms with Gasteiger partial charge in [-0.1, -0.05) is 13.8 Å². The van der Waals surface area contributed by atoms with Crippen molar-refractivity contribution in [3.63, 3.8) is 0 Å². The maximum Gasteiger partial charge on any atom is 0.407 e. The molecule has 0 unspecified atom stereocenters. The fourth-order valence-corrected chi connectivity index (χ4v) is 4.03. The van der Waals surface area contributed by atoms with Gasteiger partial charge in [-0.05, 0) is 46.5 Å². The molecule has 2 aromatic rings. The Hall–Kier alpha value is -2.64. The number of aromatic nitrogens is 3. The lowest BCUT2D eigenvalue weighted by Gasteiger charge is -2.31. The van der Waals surface area contributed by atoms with Gasteiger partial charge in [-0.25, -0.2) is 14.8 Å². The SMILES string of the molecule is CC(=O)Nc1ncc(C2CCC(NC(=O)OC(C)(C)C)CC2)n2c(C(C)C)ncc12. The fraction of sp³-hybridized carbons (Fsp3) is 0.636. The summed E-state index contributed by atoms with van der Waals surface area (Å²) < 4.78 is 7.53. The number of carbonyl (C=O) groups is 2. The summed E-state index contributed by atoms with van der Waals surface area (Å²) >= 11 is 0. The second kappa shape index (κ2) is 8.62. The third-order valence-electron chi connectivity index (χ3n) is 5.29. The van der Waals surface area contributed by atoms with E-state index >= 15 is 0 Å². The predicted octanol–water partition coefficient (Wildman–Crippen LogP) is 4.36. The maximum atomic E-state index is 12.1. The van der Waals surface area contributed by atoms with E-state index in [2.05, 4.69) is 38.8 Å². The van der Waals surface area contributed by atoms with Gasteiger partial charge in [0.1, 0.15) is 16.9 Å². The standard InChI is InChI=1S/C22H33N5O3/c1-13(2)20-24-12-18-19(25-14(3)28)23-11-17(27(18)20)15-7-9-16(10-8-15)26-21(29)30-22(4,5)6/h11-13,15-16H,7-10H2,1-6H3,(H,26,29)(H,23,25,28). The van der Waals surface area contributed by atoms with Gasteiger partial charge >= 0.3 is 6.09 Å². The van der Waals surface area contributed by atoms with E-state index in [0.29, 0.717) is 11.7 Å². The number of nitrogens with zero attached hydrogens (tertiary/aromatic N) is 3. The number of hydrogen-bond donors (Lipinski definition) is 2. The van der Waals surface area contributed by atoms with Gasteiger partial charge < -0.3 is 15.4 Å². The van der Waals surface area contributed by atoms with Crippen LogP contribution in [0, 0.1) is 0 Å². The summed E-state index contributed by atoms with van der Waals surface area (Å²) in [4.78, 5) is 32.8. The maximum absolute atomic E-state index is 12.1. The van der Waals surface area contributed by atoms with Crippen molar-refractivity contribution in [2.75, 3.05) is 5.32 Å². The molecular weight excluding hydrogens is 382 g/mol. The number of rotatable bonds is 4. The number of carbonyl (C=O) groups excluding carboxylic acids is 2.